The summed E-state index contributed by atoms with van der Waals surface area (Å²) in [5.74, 6) is 0.919. The lowest BCUT2D eigenvalue weighted by molar-refractivity contribution is -0.119. The number of carbonyl (C=O) groups is 1. The fourth-order valence-corrected chi connectivity index (χ4v) is 5.44. The van der Waals surface area contributed by atoms with Gasteiger partial charge < -0.3 is 24.8 Å². The second-order valence-corrected chi connectivity index (χ2v) is 10.9. The summed E-state index contributed by atoms with van der Waals surface area (Å²) in [5, 5.41) is 2.90. The summed E-state index contributed by atoms with van der Waals surface area (Å²) in [6.45, 7) is 3.59. The molecule has 1 saturated heterocycles. The van der Waals surface area contributed by atoms with Gasteiger partial charge in [-0.3, -0.25) is 4.79 Å². The molecule has 1 N–H and O–H groups in total. The Labute approximate surface area is 207 Å². The Morgan fingerprint density at radius 2 is 1.78 bits per heavy atom. The Kier molecular flexibility index (Phi) is 6.82. The van der Waals surface area contributed by atoms with Crippen molar-refractivity contribution in [3.8, 4) is 5.75 Å². The van der Waals surface area contributed by atoms with E-state index in [1.807, 2.05) is 18.9 Å². The number of amides is 1. The van der Waals surface area contributed by atoms with Crippen LogP contribution < -0.4 is 19.9 Å². The number of benzene rings is 1. The molecule has 13 heteroatoms. The number of nitrogens with zero attached hydrogens (tertiary/aromatic N) is 4. The van der Waals surface area contributed by atoms with Crippen LogP contribution in [0.15, 0.2) is 35.2 Å². The van der Waals surface area contributed by atoms with Crippen LogP contribution in [0.3, 0.4) is 0 Å². The van der Waals surface area contributed by atoms with Crippen molar-refractivity contribution in [3.63, 3.8) is 0 Å². The van der Waals surface area contributed by atoms with Crippen molar-refractivity contribution in [1.82, 2.24) is 9.88 Å². The van der Waals surface area contributed by atoms with Crippen LogP contribution in [0.1, 0.15) is 19.8 Å². The van der Waals surface area contributed by atoms with Gasteiger partial charge in [0.2, 0.25) is 5.91 Å². The van der Waals surface area contributed by atoms with Gasteiger partial charge in [-0.15, -0.1) is 0 Å². The third kappa shape index (κ3) is 4.57. The number of methoxy groups -OCH3 is 1. The molecule has 4 rings (SSSR count). The average molecular weight is 528 g/mol. The first-order valence-electron chi connectivity index (χ1n) is 11.4. The van der Waals surface area contributed by atoms with Crippen LogP contribution in [0.25, 0.3) is 0 Å². The van der Waals surface area contributed by atoms with Crippen molar-refractivity contribution in [2.24, 2.45) is 0 Å². The molecule has 0 aliphatic carbocycles. The number of rotatable bonds is 5. The number of piperidine rings is 1. The smallest absolute Gasteiger partial charge is 0.495 e. The van der Waals surface area contributed by atoms with Crippen LogP contribution in [0.2, 0.25) is 0 Å². The van der Waals surface area contributed by atoms with Gasteiger partial charge in [0.15, 0.2) is 5.82 Å². The first-order valence-corrected chi connectivity index (χ1v) is 12.9. The second kappa shape index (κ2) is 9.43. The first kappa shape index (κ1) is 26.0. The Morgan fingerprint density at radius 3 is 2.39 bits per heavy atom. The average Bonchev–Trinajstić information content (AvgIpc) is 2.83. The predicted molar refractivity (Wildman–Crippen MR) is 130 cm³/mol. The van der Waals surface area contributed by atoms with Gasteiger partial charge in [0, 0.05) is 13.1 Å². The number of likely N-dealkylation sites (N-methyl/N-ethyl adjacent to an activating group) is 1. The molecule has 9 nitrogen and oxygen atoms in total. The van der Waals surface area contributed by atoms with E-state index < -0.39 is 26.3 Å². The summed E-state index contributed by atoms with van der Waals surface area (Å²) in [5.41, 5.74) is -4.82. The summed E-state index contributed by atoms with van der Waals surface area (Å²) >= 11 is 0. The van der Waals surface area contributed by atoms with Gasteiger partial charge in [-0.2, -0.15) is 13.2 Å². The zero-order valence-corrected chi connectivity index (χ0v) is 21.2. The highest BCUT2D eigenvalue weighted by molar-refractivity contribution is 7.92. The largest absolute Gasteiger partial charge is 0.501 e. The van der Waals surface area contributed by atoms with Gasteiger partial charge in [-0.05, 0) is 70.2 Å². The van der Waals surface area contributed by atoms with Gasteiger partial charge >= 0.3 is 5.51 Å². The zero-order chi connectivity index (χ0) is 26.4. The van der Waals surface area contributed by atoms with Crippen molar-refractivity contribution in [3.05, 3.63) is 30.3 Å². The lowest BCUT2D eigenvalue weighted by Gasteiger charge is -2.45. The molecule has 1 aromatic carbocycles. The molecule has 0 saturated carbocycles. The molecule has 1 fully saturated rings. The van der Waals surface area contributed by atoms with E-state index in [1.54, 1.807) is 24.1 Å². The van der Waals surface area contributed by atoms with Gasteiger partial charge in [0.05, 0.1) is 23.4 Å². The fourth-order valence-electron chi connectivity index (χ4n) is 4.65. The highest BCUT2D eigenvalue weighted by Gasteiger charge is 2.47. The quantitative estimate of drug-likeness (QED) is 0.633. The summed E-state index contributed by atoms with van der Waals surface area (Å²) in [7, 11) is -0.510. The van der Waals surface area contributed by atoms with Crippen LogP contribution in [-0.4, -0.2) is 76.1 Å². The number of fused-ring (bicyclic) bond motifs is 1. The van der Waals surface area contributed by atoms with Crippen molar-refractivity contribution < 1.29 is 31.1 Å². The minimum Gasteiger partial charge on any atom is -0.495 e. The molecule has 2 aliphatic rings. The lowest BCUT2D eigenvalue weighted by atomic mass is 9.99. The molecule has 0 radical (unpaired) electrons. The number of nitrogens with one attached hydrogen (secondary N) is 1. The number of alkyl halides is 3. The molecule has 1 amide bonds. The van der Waals surface area contributed by atoms with Gasteiger partial charge in [-0.25, -0.2) is 13.4 Å². The van der Waals surface area contributed by atoms with Gasteiger partial charge in [-0.1, -0.05) is 0 Å². The topological polar surface area (TPSA) is 95.1 Å². The standard InChI is InChI=1S/C23H28F3N5O4S/c1-14-22(32)30(3)18-6-8-20(28-21(18)31(14)15-9-11-29(2)12-10-15)27-17-13-16(5-7-19(17)35-4)36(33,34)23(24,25)26/h5-8,13-15H,9-12H2,1-4H3,(H,27,28)/t14-/m1/s1. The van der Waals surface area contributed by atoms with Crippen LogP contribution in [0.5, 0.6) is 5.75 Å². The van der Waals surface area contributed by atoms with Crippen LogP contribution >= 0.6 is 0 Å². The van der Waals surface area contributed by atoms with Crippen molar-refractivity contribution in [2.75, 3.05) is 49.4 Å². The van der Waals surface area contributed by atoms with E-state index in [9.17, 15) is 26.4 Å². The van der Waals surface area contributed by atoms with E-state index in [-0.39, 0.29) is 29.2 Å². The second-order valence-electron chi connectivity index (χ2n) is 8.99. The Bertz CT molecular complexity index is 1260. The molecule has 1 atom stereocenters. The molecule has 196 valence electrons. The number of ether oxygens (including phenoxy) is 1. The summed E-state index contributed by atoms with van der Waals surface area (Å²) < 4.78 is 68.4. The number of hydrogen-bond donors (Lipinski definition) is 1. The van der Waals surface area contributed by atoms with Crippen LogP contribution in [0.4, 0.5) is 36.2 Å². The maximum absolute atomic E-state index is 13.1. The molecule has 0 spiro atoms. The molecule has 36 heavy (non-hydrogen) atoms. The molecule has 1 aromatic heterocycles. The molecule has 2 aromatic rings. The summed E-state index contributed by atoms with van der Waals surface area (Å²) in [4.78, 5) is 22.5. The van der Waals surface area contributed by atoms with E-state index in [2.05, 4.69) is 10.2 Å². The highest BCUT2D eigenvalue weighted by Crippen LogP contribution is 2.40. The van der Waals surface area contributed by atoms with Gasteiger partial charge in [0.25, 0.3) is 9.84 Å². The minimum absolute atomic E-state index is 0.00871. The van der Waals surface area contributed by atoms with Crippen molar-refractivity contribution in [2.45, 2.75) is 42.3 Å². The van der Waals surface area contributed by atoms with Crippen LogP contribution in [-0.2, 0) is 14.6 Å². The molecular weight excluding hydrogens is 499 g/mol. The van der Waals surface area contributed by atoms with E-state index in [4.69, 9.17) is 9.72 Å². The van der Waals surface area contributed by atoms with E-state index in [0.717, 1.165) is 44.1 Å². The highest BCUT2D eigenvalue weighted by atomic mass is 32.2. The Morgan fingerprint density at radius 1 is 1.11 bits per heavy atom. The molecule has 0 unspecified atom stereocenters. The molecule has 2 aliphatic heterocycles. The third-order valence-corrected chi connectivity index (χ3v) is 8.18. The predicted octanol–water partition coefficient (Wildman–Crippen LogP) is 3.39. The zero-order valence-electron chi connectivity index (χ0n) is 20.3. The first-order chi connectivity index (χ1) is 16.8. The molecular formula is C23H28F3N5O4S. The number of aromatic nitrogens is 1. The number of halogens is 3. The van der Waals surface area contributed by atoms with Crippen LogP contribution in [0, 0.1) is 0 Å². The maximum atomic E-state index is 13.1. The third-order valence-electron chi connectivity index (χ3n) is 6.70. The number of hydrogen-bond acceptors (Lipinski definition) is 8. The molecule has 0 bridgehead atoms. The summed E-state index contributed by atoms with van der Waals surface area (Å²) in [6, 6.07) is 5.79. The number of likely N-dealkylation sites (tertiary alicyclic amines) is 1. The number of carbonyl (C=O) groups excluding carboxylic acids is 1. The van der Waals surface area contributed by atoms with E-state index in [1.165, 1.54) is 7.11 Å². The van der Waals surface area contributed by atoms with Crippen molar-refractivity contribution in [1.29, 1.82) is 0 Å². The summed E-state index contributed by atoms with van der Waals surface area (Å²) in [6.07, 6.45) is 1.70. The Balaban J connectivity index is 1.74. The van der Waals surface area contributed by atoms with Crippen molar-refractivity contribution >= 4 is 38.8 Å². The van der Waals surface area contributed by atoms with E-state index in [0.29, 0.717) is 11.5 Å². The SMILES string of the molecule is COc1ccc(S(=O)(=O)C(F)(F)F)cc1Nc1ccc2c(n1)N(C1CCN(C)CC1)[C@H](C)C(=O)N2C. The number of pyridine rings is 1. The monoisotopic (exact) mass is 527 g/mol. The van der Waals surface area contributed by atoms with Gasteiger partial charge in [0.1, 0.15) is 17.6 Å². The maximum Gasteiger partial charge on any atom is 0.501 e. The minimum atomic E-state index is -5.55. The fraction of sp³-hybridized carbons (Fsp3) is 0.478. The number of sulfone groups is 1. The lowest BCUT2D eigenvalue weighted by Crippen LogP contribution is -2.57. The van der Waals surface area contributed by atoms with E-state index >= 15 is 0 Å². The normalized spacial score (nSPS) is 19.9. The Hall–Kier alpha value is -3.06. The number of anilines is 4. The molecule has 3 heterocycles.